The summed E-state index contributed by atoms with van der Waals surface area (Å²) in [4.78, 5) is 11.8. The molecule has 1 heterocycles. The second kappa shape index (κ2) is 5.68. The van der Waals surface area contributed by atoms with Crippen molar-refractivity contribution in [3.63, 3.8) is 0 Å². The predicted octanol–water partition coefficient (Wildman–Crippen LogP) is -0.440. The van der Waals surface area contributed by atoms with Gasteiger partial charge in [0.2, 0.25) is 15.9 Å². The monoisotopic (exact) mass is 283 g/mol. The largest absolute Gasteiger partial charge is 0.352 e. The van der Waals surface area contributed by atoms with E-state index in [0.29, 0.717) is 6.54 Å². The van der Waals surface area contributed by atoms with Gasteiger partial charge < -0.3 is 10.6 Å². The first kappa shape index (κ1) is 14.0. The first-order valence-corrected chi connectivity index (χ1v) is 7.61. The lowest BCUT2D eigenvalue weighted by molar-refractivity contribution is -0.124. The molecule has 6 nitrogen and oxygen atoms in total. The molecule has 1 amide bonds. The van der Waals surface area contributed by atoms with Crippen LogP contribution in [0.4, 0.5) is 0 Å². The van der Waals surface area contributed by atoms with E-state index < -0.39 is 10.0 Å². The summed E-state index contributed by atoms with van der Waals surface area (Å²) in [6.45, 7) is 1.98. The summed E-state index contributed by atoms with van der Waals surface area (Å²) >= 11 is 0. The second-order valence-electron chi connectivity index (χ2n) is 4.60. The third-order valence-electron chi connectivity index (χ3n) is 3.15. The highest BCUT2D eigenvalue weighted by atomic mass is 32.2. The number of hydrogen-bond acceptors (Lipinski definition) is 4. The van der Waals surface area contributed by atoms with Gasteiger partial charge in [0, 0.05) is 13.1 Å². The van der Waals surface area contributed by atoms with Crippen LogP contribution in [0.5, 0.6) is 0 Å². The average Bonchev–Trinajstić information content (AvgIpc) is 2.89. The smallest absolute Gasteiger partial charge is 0.238 e. The Morgan fingerprint density at radius 2 is 2.05 bits per heavy atom. The normalized spacial score (nSPS) is 19.3. The van der Waals surface area contributed by atoms with Gasteiger partial charge >= 0.3 is 0 Å². The number of nitrogens with two attached hydrogens (primary N) is 1. The van der Waals surface area contributed by atoms with E-state index in [1.54, 1.807) is 12.1 Å². The summed E-state index contributed by atoms with van der Waals surface area (Å²) in [5, 5.41) is 11.0. The molecule has 0 aromatic heterocycles. The summed E-state index contributed by atoms with van der Waals surface area (Å²) in [5.74, 6) is 0.0595. The lowest BCUT2D eigenvalue weighted by Crippen LogP contribution is -2.31. The van der Waals surface area contributed by atoms with Crippen LogP contribution in [0, 0.1) is 5.92 Å². The van der Waals surface area contributed by atoms with Crippen molar-refractivity contribution in [3.8, 4) is 0 Å². The van der Waals surface area contributed by atoms with Crippen molar-refractivity contribution in [1.82, 2.24) is 10.6 Å². The lowest BCUT2D eigenvalue weighted by Gasteiger charge is -2.10. The van der Waals surface area contributed by atoms with Crippen LogP contribution in [0.1, 0.15) is 12.0 Å². The van der Waals surface area contributed by atoms with Crippen LogP contribution in [0.2, 0.25) is 0 Å². The summed E-state index contributed by atoms with van der Waals surface area (Å²) in [7, 11) is -3.66. The molecule has 0 aliphatic carbocycles. The van der Waals surface area contributed by atoms with Gasteiger partial charge in [-0.05, 0) is 30.7 Å². The van der Waals surface area contributed by atoms with Gasteiger partial charge in [-0.15, -0.1) is 0 Å². The molecule has 104 valence electrons. The topological polar surface area (TPSA) is 101 Å². The zero-order chi connectivity index (χ0) is 13.9. The van der Waals surface area contributed by atoms with Crippen LogP contribution in [-0.4, -0.2) is 27.4 Å². The Bertz CT molecular complexity index is 548. The van der Waals surface area contributed by atoms with Crippen LogP contribution < -0.4 is 15.8 Å². The zero-order valence-corrected chi connectivity index (χ0v) is 11.2. The van der Waals surface area contributed by atoms with Crippen molar-refractivity contribution < 1.29 is 13.2 Å². The number of rotatable bonds is 4. The molecule has 0 spiro atoms. The second-order valence-corrected chi connectivity index (χ2v) is 6.16. The van der Waals surface area contributed by atoms with Crippen LogP contribution in [-0.2, 0) is 21.4 Å². The van der Waals surface area contributed by atoms with Crippen molar-refractivity contribution in [3.05, 3.63) is 29.8 Å². The van der Waals surface area contributed by atoms with E-state index in [-0.39, 0.29) is 16.7 Å². The summed E-state index contributed by atoms with van der Waals surface area (Å²) in [5.41, 5.74) is 0.840. The molecule has 0 radical (unpaired) electrons. The highest BCUT2D eigenvalue weighted by molar-refractivity contribution is 7.89. The highest BCUT2D eigenvalue weighted by Crippen LogP contribution is 2.10. The van der Waals surface area contributed by atoms with Gasteiger partial charge in [0.15, 0.2) is 0 Å². The molecule has 1 aliphatic heterocycles. The number of nitrogens with one attached hydrogen (secondary N) is 2. The predicted molar refractivity (Wildman–Crippen MR) is 70.6 cm³/mol. The maximum atomic E-state index is 11.8. The van der Waals surface area contributed by atoms with Gasteiger partial charge in [-0.3, -0.25) is 4.79 Å². The Hall–Kier alpha value is -1.44. The fraction of sp³-hybridized carbons (Fsp3) is 0.417. The molecule has 0 bridgehead atoms. The van der Waals surface area contributed by atoms with Gasteiger partial charge in [-0.1, -0.05) is 12.1 Å². The molecule has 1 aliphatic rings. The molecule has 1 aromatic rings. The molecular formula is C12H17N3O3S. The molecule has 1 fully saturated rings. The summed E-state index contributed by atoms with van der Waals surface area (Å²) in [6, 6.07) is 6.17. The van der Waals surface area contributed by atoms with Gasteiger partial charge in [-0.25, -0.2) is 13.6 Å². The van der Waals surface area contributed by atoms with Gasteiger partial charge in [0.25, 0.3) is 0 Å². The minimum absolute atomic E-state index is 0.0283. The molecule has 1 unspecified atom stereocenters. The molecule has 1 atom stereocenters. The quantitative estimate of drug-likeness (QED) is 0.697. The Kier molecular flexibility index (Phi) is 4.18. The minimum atomic E-state index is -3.66. The van der Waals surface area contributed by atoms with Crippen molar-refractivity contribution in [1.29, 1.82) is 0 Å². The molecule has 1 saturated heterocycles. The van der Waals surface area contributed by atoms with Crippen molar-refractivity contribution in [2.75, 3.05) is 13.1 Å². The number of hydrogen-bond donors (Lipinski definition) is 3. The maximum absolute atomic E-state index is 11.8. The number of amides is 1. The average molecular weight is 283 g/mol. The van der Waals surface area contributed by atoms with Crippen LogP contribution in [0.3, 0.4) is 0 Å². The van der Waals surface area contributed by atoms with Crippen LogP contribution in [0.25, 0.3) is 0 Å². The lowest BCUT2D eigenvalue weighted by atomic mass is 10.1. The minimum Gasteiger partial charge on any atom is -0.352 e. The SMILES string of the molecule is NS(=O)(=O)c1ccc(CNC(=O)C2CCNC2)cc1. The van der Waals surface area contributed by atoms with Gasteiger partial charge in [0.05, 0.1) is 10.8 Å². The third-order valence-corrected chi connectivity index (χ3v) is 4.08. The van der Waals surface area contributed by atoms with E-state index in [4.69, 9.17) is 5.14 Å². The summed E-state index contributed by atoms with van der Waals surface area (Å²) < 4.78 is 22.2. The molecule has 4 N–H and O–H groups in total. The van der Waals surface area contributed by atoms with Crippen molar-refractivity contribution in [2.45, 2.75) is 17.9 Å². The van der Waals surface area contributed by atoms with Crippen molar-refractivity contribution in [2.24, 2.45) is 11.1 Å². The first-order chi connectivity index (χ1) is 8.97. The number of sulfonamides is 1. The fourth-order valence-corrected chi connectivity index (χ4v) is 2.52. The van der Waals surface area contributed by atoms with Gasteiger partial charge in [0.1, 0.15) is 0 Å². The third kappa shape index (κ3) is 3.76. The molecular weight excluding hydrogens is 266 g/mol. The Balaban J connectivity index is 1.91. The van der Waals surface area contributed by atoms with Gasteiger partial charge in [-0.2, -0.15) is 0 Å². The highest BCUT2D eigenvalue weighted by Gasteiger charge is 2.21. The first-order valence-electron chi connectivity index (χ1n) is 6.07. The molecule has 19 heavy (non-hydrogen) atoms. The molecule has 1 aromatic carbocycles. The number of benzene rings is 1. The van der Waals surface area contributed by atoms with E-state index in [1.165, 1.54) is 12.1 Å². The van der Waals surface area contributed by atoms with E-state index in [0.717, 1.165) is 25.1 Å². The number of carbonyl (C=O) groups is 1. The van der Waals surface area contributed by atoms with E-state index in [1.807, 2.05) is 0 Å². The zero-order valence-electron chi connectivity index (χ0n) is 10.4. The van der Waals surface area contributed by atoms with Crippen LogP contribution >= 0.6 is 0 Å². The Labute approximate surface area is 112 Å². The summed E-state index contributed by atoms with van der Waals surface area (Å²) in [6.07, 6.45) is 0.857. The van der Waals surface area contributed by atoms with Crippen molar-refractivity contribution >= 4 is 15.9 Å². The fourth-order valence-electron chi connectivity index (χ4n) is 2.01. The number of carbonyl (C=O) groups excluding carboxylic acids is 1. The Morgan fingerprint density at radius 3 is 2.58 bits per heavy atom. The Morgan fingerprint density at radius 1 is 1.37 bits per heavy atom. The molecule has 7 heteroatoms. The molecule has 2 rings (SSSR count). The standard InChI is InChI=1S/C12H17N3O3S/c13-19(17,18)11-3-1-9(2-4-11)7-15-12(16)10-5-6-14-8-10/h1-4,10,14H,5-8H2,(H,15,16)(H2,13,17,18). The number of primary sulfonamides is 1. The maximum Gasteiger partial charge on any atom is 0.238 e. The van der Waals surface area contributed by atoms with E-state index in [2.05, 4.69) is 10.6 Å². The van der Waals surface area contributed by atoms with Crippen LogP contribution in [0.15, 0.2) is 29.2 Å². The molecule has 0 saturated carbocycles. The van der Waals surface area contributed by atoms with E-state index in [9.17, 15) is 13.2 Å². The van der Waals surface area contributed by atoms with E-state index >= 15 is 0 Å².